The van der Waals surface area contributed by atoms with Gasteiger partial charge in [-0.1, -0.05) is 6.07 Å². The van der Waals surface area contributed by atoms with E-state index in [1.54, 1.807) is 12.1 Å². The lowest BCUT2D eigenvalue weighted by Gasteiger charge is -2.14. The third-order valence-electron chi connectivity index (χ3n) is 3.97. The topological polar surface area (TPSA) is 99.9 Å². The Labute approximate surface area is 140 Å². The molecule has 24 heavy (non-hydrogen) atoms. The van der Waals surface area contributed by atoms with E-state index in [4.69, 9.17) is 19.8 Å². The summed E-state index contributed by atoms with van der Waals surface area (Å²) in [5.74, 6) is 0.183. The summed E-state index contributed by atoms with van der Waals surface area (Å²) < 4.78 is 11.0. The second-order valence-corrected chi connectivity index (χ2v) is 5.55. The maximum absolute atomic E-state index is 11.8. The molecule has 7 nitrogen and oxygen atoms in total. The van der Waals surface area contributed by atoms with Crippen molar-refractivity contribution in [1.29, 1.82) is 5.26 Å². The molecule has 1 aliphatic heterocycles. The van der Waals surface area contributed by atoms with Crippen molar-refractivity contribution < 1.29 is 24.2 Å². The summed E-state index contributed by atoms with van der Waals surface area (Å²) in [6, 6.07) is 7.08. The Morgan fingerprint density at radius 1 is 1.46 bits per heavy atom. The quantitative estimate of drug-likeness (QED) is 0.768. The van der Waals surface area contributed by atoms with Crippen LogP contribution in [0, 0.1) is 11.3 Å². The second-order valence-electron chi connectivity index (χ2n) is 5.55. The number of carboxylic acid groups (broad SMARTS) is 1. The Hall–Kier alpha value is -2.59. The molecule has 128 valence electrons. The largest absolute Gasteiger partial charge is 0.496 e. The van der Waals surface area contributed by atoms with Gasteiger partial charge in [-0.05, 0) is 30.5 Å². The van der Waals surface area contributed by atoms with Crippen molar-refractivity contribution in [1.82, 2.24) is 4.90 Å². The lowest BCUT2D eigenvalue weighted by Crippen LogP contribution is -2.28. The Morgan fingerprint density at radius 2 is 2.25 bits per heavy atom. The van der Waals surface area contributed by atoms with Crippen LogP contribution in [0.4, 0.5) is 4.79 Å². The van der Waals surface area contributed by atoms with Gasteiger partial charge in [0.15, 0.2) is 5.78 Å². The Morgan fingerprint density at radius 3 is 2.88 bits per heavy atom. The highest BCUT2D eigenvalue weighted by atomic mass is 16.5. The van der Waals surface area contributed by atoms with Crippen molar-refractivity contribution in [2.75, 3.05) is 26.8 Å². The fourth-order valence-corrected chi connectivity index (χ4v) is 2.67. The molecule has 1 amide bonds. The van der Waals surface area contributed by atoms with Crippen molar-refractivity contribution in [3.05, 3.63) is 29.3 Å². The van der Waals surface area contributed by atoms with Crippen molar-refractivity contribution in [3.63, 3.8) is 0 Å². The predicted octanol–water partition coefficient (Wildman–Crippen LogP) is 2.10. The van der Waals surface area contributed by atoms with Crippen LogP contribution in [0.5, 0.6) is 5.75 Å². The van der Waals surface area contributed by atoms with E-state index < -0.39 is 6.09 Å². The van der Waals surface area contributed by atoms with Crippen LogP contribution in [0.1, 0.15) is 28.8 Å². The van der Waals surface area contributed by atoms with Gasteiger partial charge in [-0.15, -0.1) is 0 Å². The summed E-state index contributed by atoms with van der Waals surface area (Å²) in [7, 11) is 1.48. The molecule has 1 N–H and O–H groups in total. The van der Waals surface area contributed by atoms with Gasteiger partial charge in [-0.2, -0.15) is 5.26 Å². The number of hydrogen-bond donors (Lipinski definition) is 1. The molecule has 1 aromatic rings. The van der Waals surface area contributed by atoms with Crippen molar-refractivity contribution in [2.45, 2.75) is 25.4 Å². The minimum Gasteiger partial charge on any atom is -0.496 e. The van der Waals surface area contributed by atoms with E-state index in [9.17, 15) is 9.59 Å². The highest BCUT2D eigenvalue weighted by Gasteiger charge is 2.26. The monoisotopic (exact) mass is 332 g/mol. The molecule has 1 aliphatic rings. The van der Waals surface area contributed by atoms with E-state index >= 15 is 0 Å². The molecule has 1 fully saturated rings. The molecule has 0 radical (unpaired) electrons. The minimum absolute atomic E-state index is 0.0699. The summed E-state index contributed by atoms with van der Waals surface area (Å²) >= 11 is 0. The average molecular weight is 332 g/mol. The molecule has 7 heteroatoms. The van der Waals surface area contributed by atoms with E-state index in [1.807, 2.05) is 12.1 Å². The van der Waals surface area contributed by atoms with E-state index in [2.05, 4.69) is 0 Å². The molecule has 2 rings (SSSR count). The van der Waals surface area contributed by atoms with E-state index in [-0.39, 0.29) is 18.3 Å². The number of amides is 1. The van der Waals surface area contributed by atoms with E-state index in [0.29, 0.717) is 43.9 Å². The Bertz CT molecular complexity index is 653. The van der Waals surface area contributed by atoms with Crippen LogP contribution in [0.3, 0.4) is 0 Å². The number of ketones is 1. The minimum atomic E-state index is -0.913. The Balaban J connectivity index is 1.88. The number of carbonyl (C=O) groups excluding carboxylic acids is 1. The number of ether oxygens (including phenoxy) is 2. The normalized spacial score (nSPS) is 16.7. The maximum atomic E-state index is 11.8. The van der Waals surface area contributed by atoms with E-state index in [0.717, 1.165) is 5.56 Å². The van der Waals surface area contributed by atoms with Crippen molar-refractivity contribution in [3.8, 4) is 11.8 Å². The molecule has 0 aromatic heterocycles. The van der Waals surface area contributed by atoms with Crippen LogP contribution in [-0.2, 0) is 11.2 Å². The van der Waals surface area contributed by atoms with Crippen molar-refractivity contribution in [2.24, 2.45) is 0 Å². The number of benzene rings is 1. The summed E-state index contributed by atoms with van der Waals surface area (Å²) in [6.45, 7) is 1.37. The van der Waals surface area contributed by atoms with Gasteiger partial charge in [0.25, 0.3) is 0 Å². The van der Waals surface area contributed by atoms with Crippen LogP contribution in [0.2, 0.25) is 0 Å². The first-order valence-electron chi connectivity index (χ1n) is 7.71. The predicted molar refractivity (Wildman–Crippen MR) is 85.2 cm³/mol. The zero-order valence-electron chi connectivity index (χ0n) is 13.5. The number of rotatable bonds is 7. The van der Waals surface area contributed by atoms with Gasteiger partial charge in [0, 0.05) is 6.54 Å². The molecule has 1 saturated heterocycles. The lowest BCUT2D eigenvalue weighted by molar-refractivity contribution is 0.0607. The highest BCUT2D eigenvalue weighted by molar-refractivity contribution is 5.99. The second kappa shape index (κ2) is 8.31. The molecule has 1 atom stereocenters. The summed E-state index contributed by atoms with van der Waals surface area (Å²) in [6.07, 6.45) is 0.174. The number of likely N-dealkylation sites (tertiary alicyclic amines) is 1. The number of Topliss-reactive ketones (excluding diaryl/α,β-unsaturated/α-hetero) is 1. The zero-order valence-corrected chi connectivity index (χ0v) is 13.5. The maximum Gasteiger partial charge on any atom is 0.407 e. The summed E-state index contributed by atoms with van der Waals surface area (Å²) in [5.41, 5.74) is 1.35. The van der Waals surface area contributed by atoms with Crippen LogP contribution in [-0.4, -0.2) is 54.8 Å². The molecular weight excluding hydrogens is 312 g/mol. The van der Waals surface area contributed by atoms with E-state index in [1.165, 1.54) is 12.0 Å². The molecule has 0 spiro atoms. The highest BCUT2D eigenvalue weighted by Crippen LogP contribution is 2.22. The fraction of sp³-hybridized carbons (Fsp3) is 0.471. The molecule has 0 unspecified atom stereocenters. The first-order chi connectivity index (χ1) is 11.5. The van der Waals surface area contributed by atoms with Crippen LogP contribution >= 0.6 is 0 Å². The molecule has 0 bridgehead atoms. The summed E-state index contributed by atoms with van der Waals surface area (Å²) in [5, 5.41) is 17.5. The molecule has 0 aliphatic carbocycles. The fourth-order valence-electron chi connectivity index (χ4n) is 2.67. The van der Waals surface area contributed by atoms with Gasteiger partial charge >= 0.3 is 6.09 Å². The first-order valence-corrected chi connectivity index (χ1v) is 7.71. The van der Waals surface area contributed by atoms with Gasteiger partial charge < -0.3 is 19.5 Å². The molecule has 1 heterocycles. The number of carbonyl (C=O) groups is 2. The van der Waals surface area contributed by atoms with Gasteiger partial charge in [0.1, 0.15) is 5.75 Å². The Kier molecular flexibility index (Phi) is 6.15. The van der Waals surface area contributed by atoms with Crippen LogP contribution in [0.15, 0.2) is 18.2 Å². The van der Waals surface area contributed by atoms with Crippen molar-refractivity contribution >= 4 is 11.9 Å². The molecule has 1 aromatic carbocycles. The third-order valence-corrected chi connectivity index (χ3v) is 3.97. The third kappa shape index (κ3) is 4.46. The number of methoxy groups -OCH3 is 1. The zero-order chi connectivity index (χ0) is 17.5. The van der Waals surface area contributed by atoms with Gasteiger partial charge in [0.2, 0.25) is 0 Å². The standard InChI is InChI=1S/C17H20N2O5/c1-23-16-10-12(2-3-14(16)15(20)4-7-18)6-9-24-13-5-8-19(11-13)17(21)22/h2-3,10,13H,4-6,8-9,11H2,1H3,(H,21,22)/t13-/m1/s1. The van der Waals surface area contributed by atoms with Gasteiger partial charge in [-0.3, -0.25) is 4.79 Å². The number of hydrogen-bond acceptors (Lipinski definition) is 5. The van der Waals surface area contributed by atoms with Gasteiger partial charge in [-0.25, -0.2) is 4.79 Å². The summed E-state index contributed by atoms with van der Waals surface area (Å²) in [4.78, 5) is 24.0. The lowest BCUT2D eigenvalue weighted by atomic mass is 10.0. The van der Waals surface area contributed by atoms with Crippen LogP contribution in [0.25, 0.3) is 0 Å². The first kappa shape index (κ1) is 17.8. The number of nitriles is 1. The smallest absolute Gasteiger partial charge is 0.407 e. The van der Waals surface area contributed by atoms with Crippen LogP contribution < -0.4 is 4.74 Å². The SMILES string of the molecule is COc1cc(CCO[C@@H]2CCN(C(=O)O)C2)ccc1C(=O)CC#N. The molecule has 0 saturated carbocycles. The van der Waals surface area contributed by atoms with Gasteiger partial charge in [0.05, 0.1) is 44.4 Å². The average Bonchev–Trinajstić information content (AvgIpc) is 3.04. The molecular formula is C17H20N2O5. The number of nitrogens with zero attached hydrogens (tertiary/aromatic N) is 2.